The number of benzene rings is 2. The zero-order valence-electron chi connectivity index (χ0n) is 16.0. The van der Waals surface area contributed by atoms with Crippen LogP contribution in [0.2, 0.25) is 15.1 Å². The number of morpholine rings is 1. The van der Waals surface area contributed by atoms with Gasteiger partial charge >= 0.3 is 0 Å². The van der Waals surface area contributed by atoms with Crippen molar-refractivity contribution in [3.63, 3.8) is 0 Å². The fourth-order valence-electron chi connectivity index (χ4n) is 3.17. The van der Waals surface area contributed by atoms with Gasteiger partial charge in [0.2, 0.25) is 0 Å². The summed E-state index contributed by atoms with van der Waals surface area (Å²) in [4.78, 5) is 4.57. The molecule has 0 bridgehead atoms. The Labute approximate surface area is 192 Å². The lowest BCUT2D eigenvalue weighted by molar-refractivity contribution is 0.0368. The Kier molecular flexibility index (Phi) is 8.85. The van der Waals surface area contributed by atoms with Gasteiger partial charge in [-0.15, -0.1) is 0 Å². The molecule has 0 unspecified atom stereocenters. The SMILES string of the molecule is S=C(Nc1cccc(Cl)c1Cl)N(CCCN1CCOCC1)Cc1ccc(Cl)cc1. The first kappa shape index (κ1) is 22.6. The van der Waals surface area contributed by atoms with Gasteiger partial charge < -0.3 is 15.0 Å². The number of thiocarbonyl (C=S) groups is 1. The number of halogens is 3. The highest BCUT2D eigenvalue weighted by atomic mass is 35.5. The van der Waals surface area contributed by atoms with Crippen molar-refractivity contribution >= 4 is 57.8 Å². The van der Waals surface area contributed by atoms with E-state index in [-0.39, 0.29) is 0 Å². The summed E-state index contributed by atoms with van der Waals surface area (Å²) in [6, 6.07) is 13.3. The minimum atomic E-state index is 0.469. The molecule has 4 nitrogen and oxygen atoms in total. The lowest BCUT2D eigenvalue weighted by Crippen LogP contribution is -2.40. The van der Waals surface area contributed by atoms with Gasteiger partial charge in [-0.05, 0) is 48.5 Å². The van der Waals surface area contributed by atoms with Gasteiger partial charge in [0, 0.05) is 37.7 Å². The van der Waals surface area contributed by atoms with Gasteiger partial charge in [-0.25, -0.2) is 0 Å². The van der Waals surface area contributed by atoms with Gasteiger partial charge in [0.25, 0.3) is 0 Å². The van der Waals surface area contributed by atoms with Gasteiger partial charge in [0.05, 0.1) is 28.9 Å². The predicted octanol–water partition coefficient (Wildman–Crippen LogP) is 5.57. The minimum Gasteiger partial charge on any atom is -0.379 e. The van der Waals surface area contributed by atoms with Crippen molar-refractivity contribution in [2.45, 2.75) is 13.0 Å². The van der Waals surface area contributed by atoms with Crippen molar-refractivity contribution in [1.82, 2.24) is 9.80 Å². The van der Waals surface area contributed by atoms with Gasteiger partial charge in [0.15, 0.2) is 5.11 Å². The topological polar surface area (TPSA) is 27.7 Å². The van der Waals surface area contributed by atoms with Crippen molar-refractivity contribution in [3.05, 3.63) is 63.1 Å². The summed E-state index contributed by atoms with van der Waals surface area (Å²) in [6.07, 6.45) is 0.999. The number of hydrogen-bond donors (Lipinski definition) is 1. The van der Waals surface area contributed by atoms with Gasteiger partial charge in [-0.2, -0.15) is 0 Å². The second-order valence-electron chi connectivity index (χ2n) is 6.89. The summed E-state index contributed by atoms with van der Waals surface area (Å²) >= 11 is 24.2. The van der Waals surface area contributed by atoms with E-state index in [4.69, 9.17) is 51.8 Å². The van der Waals surface area contributed by atoms with E-state index in [0.29, 0.717) is 27.4 Å². The summed E-state index contributed by atoms with van der Waals surface area (Å²) in [7, 11) is 0. The van der Waals surface area contributed by atoms with E-state index in [1.165, 1.54) is 0 Å². The standard InChI is InChI=1S/C21H24Cl3N3OS/c22-17-7-5-16(6-8-17)15-27(10-2-9-26-11-13-28-14-12-26)21(29)25-19-4-1-3-18(23)20(19)24/h1,3-8H,2,9-15H2,(H,25,29). The molecule has 0 saturated carbocycles. The molecule has 3 rings (SSSR count). The van der Waals surface area contributed by atoms with Gasteiger partial charge in [0.1, 0.15) is 0 Å². The third kappa shape index (κ3) is 6.99. The third-order valence-electron chi connectivity index (χ3n) is 4.77. The van der Waals surface area contributed by atoms with Crippen molar-refractivity contribution in [1.29, 1.82) is 0 Å². The maximum absolute atomic E-state index is 6.32. The molecule has 1 fully saturated rings. The molecule has 1 aliphatic heterocycles. The average molecular weight is 473 g/mol. The Morgan fingerprint density at radius 2 is 1.79 bits per heavy atom. The van der Waals surface area contributed by atoms with Crippen LogP contribution in [0.3, 0.4) is 0 Å². The molecule has 1 N–H and O–H groups in total. The number of nitrogens with zero attached hydrogens (tertiary/aromatic N) is 2. The maximum atomic E-state index is 6.32. The lowest BCUT2D eigenvalue weighted by Gasteiger charge is -2.30. The highest BCUT2D eigenvalue weighted by molar-refractivity contribution is 7.80. The van der Waals surface area contributed by atoms with Crippen LogP contribution in [0.1, 0.15) is 12.0 Å². The van der Waals surface area contributed by atoms with Gasteiger partial charge in [-0.1, -0.05) is 53.0 Å². The number of anilines is 1. The lowest BCUT2D eigenvalue weighted by atomic mass is 10.2. The van der Waals surface area contributed by atoms with Crippen LogP contribution >= 0.6 is 47.0 Å². The van der Waals surface area contributed by atoms with Crippen molar-refractivity contribution in [3.8, 4) is 0 Å². The van der Waals surface area contributed by atoms with E-state index in [1.807, 2.05) is 36.4 Å². The van der Waals surface area contributed by atoms with Crippen molar-refractivity contribution in [2.24, 2.45) is 0 Å². The number of nitrogens with one attached hydrogen (secondary N) is 1. The molecular weight excluding hydrogens is 449 g/mol. The fourth-order valence-corrected chi connectivity index (χ4v) is 3.91. The summed E-state index contributed by atoms with van der Waals surface area (Å²) in [5.74, 6) is 0. The number of rotatable bonds is 7. The third-order valence-corrected chi connectivity index (χ3v) is 6.20. The molecule has 29 heavy (non-hydrogen) atoms. The number of hydrogen-bond acceptors (Lipinski definition) is 3. The Balaban J connectivity index is 1.65. The van der Waals surface area contributed by atoms with Crippen LogP contribution < -0.4 is 5.32 Å². The quantitative estimate of drug-likeness (QED) is 0.532. The highest BCUT2D eigenvalue weighted by Gasteiger charge is 2.15. The second kappa shape index (κ2) is 11.3. The minimum absolute atomic E-state index is 0.469. The van der Waals surface area contributed by atoms with Crippen LogP contribution in [-0.2, 0) is 11.3 Å². The van der Waals surface area contributed by atoms with Gasteiger partial charge in [-0.3, -0.25) is 4.90 Å². The first-order chi connectivity index (χ1) is 14.0. The fraction of sp³-hybridized carbons (Fsp3) is 0.381. The summed E-state index contributed by atoms with van der Waals surface area (Å²) in [5, 5.41) is 5.56. The molecule has 2 aromatic carbocycles. The van der Waals surface area contributed by atoms with Crippen molar-refractivity contribution in [2.75, 3.05) is 44.7 Å². The zero-order chi connectivity index (χ0) is 20.6. The van der Waals surface area contributed by atoms with E-state index in [9.17, 15) is 0 Å². The van der Waals surface area contributed by atoms with Crippen LogP contribution in [0.5, 0.6) is 0 Å². The molecule has 8 heteroatoms. The molecule has 0 atom stereocenters. The highest BCUT2D eigenvalue weighted by Crippen LogP contribution is 2.29. The molecule has 2 aromatic rings. The molecular formula is C21H24Cl3N3OS. The van der Waals surface area contributed by atoms with E-state index in [1.54, 1.807) is 6.07 Å². The molecule has 0 aromatic heterocycles. The van der Waals surface area contributed by atoms with Crippen LogP contribution in [0, 0.1) is 0 Å². The Bertz CT molecular complexity index is 813. The average Bonchev–Trinajstić information content (AvgIpc) is 2.73. The van der Waals surface area contributed by atoms with E-state index >= 15 is 0 Å². The Hall–Kier alpha value is -1.08. The van der Waals surface area contributed by atoms with E-state index in [0.717, 1.165) is 56.4 Å². The monoisotopic (exact) mass is 471 g/mol. The Morgan fingerprint density at radius 1 is 1.07 bits per heavy atom. The van der Waals surface area contributed by atoms with Crippen LogP contribution in [-0.4, -0.2) is 54.3 Å². The molecule has 156 valence electrons. The first-order valence-corrected chi connectivity index (χ1v) is 11.1. The van der Waals surface area contributed by atoms with Crippen LogP contribution in [0.25, 0.3) is 0 Å². The normalized spacial score (nSPS) is 14.6. The largest absolute Gasteiger partial charge is 0.379 e. The molecule has 0 radical (unpaired) electrons. The molecule has 0 amide bonds. The van der Waals surface area contributed by atoms with Crippen molar-refractivity contribution < 1.29 is 4.74 Å². The first-order valence-electron chi connectivity index (χ1n) is 9.57. The predicted molar refractivity (Wildman–Crippen MR) is 126 cm³/mol. The summed E-state index contributed by atoms with van der Waals surface area (Å²) in [5.41, 5.74) is 1.85. The molecule has 0 spiro atoms. The summed E-state index contributed by atoms with van der Waals surface area (Å²) in [6.45, 7) is 6.11. The molecule has 1 aliphatic rings. The van der Waals surface area contributed by atoms with Crippen LogP contribution in [0.4, 0.5) is 5.69 Å². The smallest absolute Gasteiger partial charge is 0.173 e. The maximum Gasteiger partial charge on any atom is 0.173 e. The molecule has 1 heterocycles. The zero-order valence-corrected chi connectivity index (χ0v) is 19.1. The Morgan fingerprint density at radius 3 is 2.52 bits per heavy atom. The number of ether oxygens (including phenoxy) is 1. The summed E-state index contributed by atoms with van der Waals surface area (Å²) < 4.78 is 5.42. The second-order valence-corrected chi connectivity index (χ2v) is 8.50. The van der Waals surface area contributed by atoms with E-state index < -0.39 is 0 Å². The molecule has 0 aliphatic carbocycles. The van der Waals surface area contributed by atoms with E-state index in [2.05, 4.69) is 15.1 Å². The van der Waals surface area contributed by atoms with Crippen LogP contribution in [0.15, 0.2) is 42.5 Å². The molecule has 1 saturated heterocycles.